The van der Waals surface area contributed by atoms with Crippen molar-refractivity contribution >= 4 is 23.7 Å². The molecule has 0 aromatic heterocycles. The third-order valence-corrected chi connectivity index (χ3v) is 22.1. The number of amides is 3. The summed E-state index contributed by atoms with van der Waals surface area (Å²) in [5, 5.41) is 197. The molecule has 5 fully saturated rings. The third kappa shape index (κ3) is 32.6. The zero-order valence-electron chi connectivity index (χ0n) is 67.1. The van der Waals surface area contributed by atoms with E-state index in [9.17, 15) is 106 Å². The van der Waals surface area contributed by atoms with E-state index in [0.717, 1.165) is 71.6 Å². The van der Waals surface area contributed by atoms with Crippen molar-refractivity contribution in [2.75, 3.05) is 39.6 Å². The Labute approximate surface area is 665 Å². The molecule has 0 aliphatic carbocycles. The Bertz CT molecular complexity index is 2610. The van der Waals surface area contributed by atoms with Gasteiger partial charge in [0.15, 0.2) is 25.2 Å². The first-order valence-corrected chi connectivity index (χ1v) is 42.1. The molecule has 5 aliphatic rings. The Morgan fingerprint density at radius 1 is 0.460 bits per heavy atom. The second-order valence-electron chi connectivity index (χ2n) is 31.4. The predicted molar refractivity (Wildman–Crippen MR) is 406 cm³/mol. The van der Waals surface area contributed by atoms with Gasteiger partial charge >= 0.3 is 5.97 Å². The van der Waals surface area contributed by atoms with Gasteiger partial charge in [-0.2, -0.15) is 0 Å². The van der Waals surface area contributed by atoms with Gasteiger partial charge in [0.1, 0.15) is 116 Å². The molecule has 5 saturated heterocycles. The van der Waals surface area contributed by atoms with Gasteiger partial charge in [0.05, 0.1) is 63.9 Å². The number of ether oxygens (including phenoxy) is 10. The monoisotopic (exact) mass is 1630 g/mol. The number of aliphatic hydroxyl groups excluding tert-OH is 16. The Hall–Kier alpha value is -3.42. The molecule has 0 spiro atoms. The van der Waals surface area contributed by atoms with Crippen LogP contribution in [0.4, 0.5) is 0 Å². The highest BCUT2D eigenvalue weighted by Crippen LogP contribution is 2.41. The first kappa shape index (κ1) is 100. The second-order valence-corrected chi connectivity index (χ2v) is 31.4. The van der Waals surface area contributed by atoms with E-state index in [-0.39, 0.29) is 12.3 Å². The molecule has 2 unspecified atom stereocenters. The van der Waals surface area contributed by atoms with E-state index in [4.69, 9.17) is 47.4 Å². The molecule has 34 nitrogen and oxygen atoms in total. The number of hydrogen-bond donors (Lipinski definition) is 20. The fourth-order valence-electron chi connectivity index (χ4n) is 15.4. The van der Waals surface area contributed by atoms with Crippen LogP contribution < -0.4 is 16.0 Å². The lowest BCUT2D eigenvalue weighted by molar-refractivity contribution is -0.403. The second kappa shape index (κ2) is 54.7. The average Bonchev–Trinajstić information content (AvgIpc) is 0.748. The van der Waals surface area contributed by atoms with Gasteiger partial charge in [-0.15, -0.1) is 0 Å². The van der Waals surface area contributed by atoms with Crippen LogP contribution in [-0.4, -0.2) is 321 Å². The Balaban J connectivity index is 1.34. The van der Waals surface area contributed by atoms with E-state index in [2.05, 4.69) is 29.8 Å². The summed E-state index contributed by atoms with van der Waals surface area (Å²) < 4.78 is 60.2. The molecule has 0 aromatic rings. The highest BCUT2D eigenvalue weighted by atomic mass is 16.8. The topological polar surface area (TPSA) is 541 Å². The van der Waals surface area contributed by atoms with Crippen molar-refractivity contribution in [1.29, 1.82) is 0 Å². The van der Waals surface area contributed by atoms with Crippen molar-refractivity contribution in [2.45, 2.75) is 424 Å². The van der Waals surface area contributed by atoms with E-state index >= 15 is 0 Å². The molecule has 20 N–H and O–H groups in total. The summed E-state index contributed by atoms with van der Waals surface area (Å²) in [4.78, 5) is 53.1. The van der Waals surface area contributed by atoms with Crippen LogP contribution in [0.5, 0.6) is 0 Å². The number of carboxylic acids is 1. The van der Waals surface area contributed by atoms with Crippen molar-refractivity contribution in [3.05, 3.63) is 12.2 Å². The number of unbranched alkanes of at least 4 members (excludes halogenated alkanes) is 31. The molecular weight excluding hydrogens is 1490 g/mol. The van der Waals surface area contributed by atoms with E-state index < -0.39 is 235 Å². The quantitative estimate of drug-likeness (QED) is 0.0301. The molecule has 34 heteroatoms. The van der Waals surface area contributed by atoms with Crippen LogP contribution in [0.3, 0.4) is 0 Å². The summed E-state index contributed by atoms with van der Waals surface area (Å²) in [7, 11) is 0. The molecule has 5 rings (SSSR count). The summed E-state index contributed by atoms with van der Waals surface area (Å²) in [5.41, 5.74) is 0. The van der Waals surface area contributed by atoms with Gasteiger partial charge in [-0.25, -0.2) is 4.79 Å². The van der Waals surface area contributed by atoms with E-state index in [1.54, 1.807) is 6.08 Å². The van der Waals surface area contributed by atoms with Crippen LogP contribution in [-0.2, 0) is 66.5 Å². The van der Waals surface area contributed by atoms with Crippen LogP contribution in [0.25, 0.3) is 0 Å². The number of carbonyl (C=O) groups is 4. The summed E-state index contributed by atoms with van der Waals surface area (Å²) in [6.07, 6.45) is -8.42. The minimum atomic E-state index is -3.38. The van der Waals surface area contributed by atoms with Crippen LogP contribution >= 0.6 is 0 Å². The molecule has 3 amide bonds. The number of nitrogens with one attached hydrogen (secondary N) is 3. The minimum Gasteiger partial charge on any atom is -0.477 e. The van der Waals surface area contributed by atoms with Crippen LogP contribution in [0.1, 0.15) is 252 Å². The van der Waals surface area contributed by atoms with Gasteiger partial charge in [0, 0.05) is 26.7 Å². The van der Waals surface area contributed by atoms with Crippen LogP contribution in [0.2, 0.25) is 0 Å². The SMILES string of the molecule is CCCCCCCCCCCCC/C=C/[C@@H](O)[C@H](CO[C@@H]1O[C@H](CO)[C@@H](O[C@@H]2O[C@H](CO)[C@H](O[C@@H]3O[C@H](CO)[C@H](O)[C@H](O[C@@H]4O[C@H](CO)[C@H](O)[C@H](O)[C@H]4O)[C@H]3NC(C)=O)[C@H](O[C@]3(C(=O)O)C[C@H](O)[C@@H](NC(C)=O)C([C@@H](O)[C@@H](O)CO)O3)[C@H]2O)[C@H](O)C1O)NC(=O)CCCCCCCCCCCCCCCCCCCCCCC. The maximum Gasteiger partial charge on any atom is 0.364 e. The standard InChI is InChI=1S/C79H143N3O31/c1-5-7-9-11-13-15-17-19-20-21-22-23-24-25-26-28-30-32-34-36-38-40-58(93)82-50(51(90)39-37-35-33-31-29-27-18-16-14-12-10-8-6-2)47-104-75-67(100)65(98)69(56(45-86)107-75)109-77-68(101)73(113-79(78(102)103)41-52(91)59(80-48(3)88)72(112-79)61(94)53(92)42-83)70(57(46-87)108-77)110-74-60(81-49(4)89)71(63(96)55(44-85)105-74)111-76-66(99)64(97)62(95)54(43-84)106-76/h37,39,50-57,59-77,83-87,90-92,94-101H,5-36,38,40-47H2,1-4H3,(H,80,88)(H,81,89)(H,82,93)(H,102,103)/b39-37+/t50-,51+,52-,53-,54+,55+,56+,57+,59+,60+,61-,62-,63-,64-,65+,66+,67?,68+,69+,70-,71+,72?,73+,74-,75+,76-,77-,79-/m0/s1. The van der Waals surface area contributed by atoms with Crippen molar-refractivity contribution < 1.29 is 153 Å². The van der Waals surface area contributed by atoms with Crippen LogP contribution in [0, 0.1) is 0 Å². The number of aliphatic hydroxyl groups is 16. The van der Waals surface area contributed by atoms with Gasteiger partial charge in [-0.05, 0) is 19.3 Å². The largest absolute Gasteiger partial charge is 0.477 e. The van der Waals surface area contributed by atoms with Crippen molar-refractivity contribution in [2.24, 2.45) is 0 Å². The third-order valence-electron chi connectivity index (χ3n) is 22.1. The van der Waals surface area contributed by atoms with Crippen molar-refractivity contribution in [1.82, 2.24) is 16.0 Å². The fourth-order valence-corrected chi connectivity index (χ4v) is 15.4. The molecule has 0 saturated carbocycles. The fraction of sp³-hybridized carbons (Fsp3) is 0.924. The van der Waals surface area contributed by atoms with Gasteiger partial charge in [-0.1, -0.05) is 219 Å². The van der Waals surface area contributed by atoms with Gasteiger partial charge in [-0.3, -0.25) is 14.4 Å². The number of rotatable bonds is 58. The average molecular weight is 1630 g/mol. The summed E-state index contributed by atoms with van der Waals surface area (Å²) in [6.45, 7) is 0.356. The number of carboxylic acid groups (broad SMARTS) is 1. The summed E-state index contributed by atoms with van der Waals surface area (Å²) in [5.74, 6) is -7.70. The summed E-state index contributed by atoms with van der Waals surface area (Å²) in [6, 6.07) is -4.81. The zero-order valence-corrected chi connectivity index (χ0v) is 67.1. The highest BCUT2D eigenvalue weighted by molar-refractivity contribution is 5.77. The lowest BCUT2D eigenvalue weighted by Crippen LogP contribution is -2.72. The minimum absolute atomic E-state index is 0.135. The van der Waals surface area contributed by atoms with E-state index in [1.807, 2.05) is 6.08 Å². The molecule has 0 bridgehead atoms. The maximum atomic E-state index is 13.8. The smallest absolute Gasteiger partial charge is 0.364 e. The zero-order chi connectivity index (χ0) is 83.0. The lowest BCUT2D eigenvalue weighted by atomic mass is 9.88. The number of allylic oxidation sites excluding steroid dienone is 1. The number of hydrogen-bond acceptors (Lipinski definition) is 30. The Kier molecular flexibility index (Phi) is 48.5. The highest BCUT2D eigenvalue weighted by Gasteiger charge is 2.62. The molecule has 28 atom stereocenters. The summed E-state index contributed by atoms with van der Waals surface area (Å²) >= 11 is 0. The van der Waals surface area contributed by atoms with E-state index in [1.165, 1.54) is 141 Å². The number of aliphatic carboxylic acids is 1. The van der Waals surface area contributed by atoms with Crippen molar-refractivity contribution in [3.8, 4) is 0 Å². The molecular formula is C79H143N3O31. The first-order valence-electron chi connectivity index (χ1n) is 42.1. The van der Waals surface area contributed by atoms with Gasteiger partial charge in [0.2, 0.25) is 17.7 Å². The van der Waals surface area contributed by atoms with Gasteiger partial charge in [0.25, 0.3) is 5.79 Å². The Morgan fingerprint density at radius 2 is 0.876 bits per heavy atom. The molecule has 0 aromatic carbocycles. The van der Waals surface area contributed by atoms with Gasteiger partial charge < -0.3 is 150 Å². The van der Waals surface area contributed by atoms with E-state index in [0.29, 0.717) is 12.8 Å². The predicted octanol–water partition coefficient (Wildman–Crippen LogP) is 1.30. The Morgan fingerprint density at radius 3 is 1.36 bits per heavy atom. The maximum absolute atomic E-state index is 13.8. The molecule has 0 radical (unpaired) electrons. The molecule has 113 heavy (non-hydrogen) atoms. The van der Waals surface area contributed by atoms with Crippen LogP contribution in [0.15, 0.2) is 12.2 Å². The normalized spacial score (nSPS) is 33.4. The number of carbonyl (C=O) groups excluding carboxylic acids is 3. The molecule has 660 valence electrons. The van der Waals surface area contributed by atoms with Crippen molar-refractivity contribution in [3.63, 3.8) is 0 Å². The molecule has 5 aliphatic heterocycles. The molecule has 5 heterocycles. The first-order chi connectivity index (χ1) is 54.3. The lowest BCUT2D eigenvalue weighted by Gasteiger charge is -2.52.